The Morgan fingerprint density at radius 2 is 1.75 bits per heavy atom. The number of carbonyl (C=O) groups is 2. The van der Waals surface area contributed by atoms with Crippen LogP contribution >= 0.6 is 0 Å². The predicted molar refractivity (Wildman–Crippen MR) is 85.3 cm³/mol. The van der Waals surface area contributed by atoms with E-state index in [9.17, 15) is 9.59 Å². The van der Waals surface area contributed by atoms with Crippen molar-refractivity contribution in [3.63, 3.8) is 0 Å². The number of hydrogen-bond donors (Lipinski definition) is 0. The van der Waals surface area contributed by atoms with Crippen LogP contribution in [0.3, 0.4) is 0 Å². The van der Waals surface area contributed by atoms with Gasteiger partial charge in [-0.15, -0.1) is 0 Å². The fourth-order valence-electron chi connectivity index (χ4n) is 2.02. The van der Waals surface area contributed by atoms with Crippen LogP contribution in [0.25, 0.3) is 0 Å². The van der Waals surface area contributed by atoms with Gasteiger partial charge in [-0.25, -0.2) is 4.79 Å². The molecule has 0 spiro atoms. The number of nitriles is 1. The molecule has 0 aliphatic heterocycles. The first-order chi connectivity index (χ1) is 11.6. The summed E-state index contributed by atoms with van der Waals surface area (Å²) < 4.78 is 15.2. The molecule has 0 amide bonds. The van der Waals surface area contributed by atoms with E-state index >= 15 is 0 Å². The summed E-state index contributed by atoms with van der Waals surface area (Å²) in [5.41, 5.74) is 0.899. The highest BCUT2D eigenvalue weighted by atomic mass is 16.5. The number of nitrogens with zero attached hydrogens (tertiary/aromatic N) is 1. The fourth-order valence-corrected chi connectivity index (χ4v) is 2.02. The number of Topliss-reactive ketones (excluding diaryl/α,β-unsaturated/α-hetero) is 1. The summed E-state index contributed by atoms with van der Waals surface area (Å²) in [4.78, 5) is 24.1. The maximum atomic E-state index is 12.1. The Labute approximate surface area is 139 Å². The van der Waals surface area contributed by atoms with Crippen molar-refractivity contribution in [3.8, 4) is 17.6 Å². The third-order valence-electron chi connectivity index (χ3n) is 3.27. The number of ether oxygens (including phenoxy) is 3. The highest BCUT2D eigenvalue weighted by Crippen LogP contribution is 2.27. The number of hydrogen-bond acceptors (Lipinski definition) is 6. The van der Waals surface area contributed by atoms with E-state index in [-0.39, 0.29) is 11.3 Å². The van der Waals surface area contributed by atoms with Gasteiger partial charge in [0.15, 0.2) is 23.9 Å². The molecule has 0 atom stereocenters. The number of rotatable bonds is 6. The number of methoxy groups -OCH3 is 2. The second kappa shape index (κ2) is 7.79. The molecule has 0 saturated heterocycles. The van der Waals surface area contributed by atoms with Crippen LogP contribution < -0.4 is 9.47 Å². The zero-order valence-corrected chi connectivity index (χ0v) is 13.2. The van der Waals surface area contributed by atoms with Crippen molar-refractivity contribution in [1.29, 1.82) is 5.26 Å². The molecule has 0 bridgehead atoms. The Morgan fingerprint density at radius 3 is 2.42 bits per heavy atom. The van der Waals surface area contributed by atoms with Crippen molar-refractivity contribution < 1.29 is 23.8 Å². The molecular formula is C18H15NO5. The van der Waals surface area contributed by atoms with Gasteiger partial charge in [0.1, 0.15) is 0 Å². The molecule has 0 saturated carbocycles. The molecule has 6 heteroatoms. The Hall–Kier alpha value is -3.33. The van der Waals surface area contributed by atoms with Crippen LogP contribution in [0.5, 0.6) is 11.5 Å². The zero-order chi connectivity index (χ0) is 17.5. The molecule has 24 heavy (non-hydrogen) atoms. The number of esters is 1. The molecule has 0 heterocycles. The van der Waals surface area contributed by atoms with Crippen LogP contribution in [-0.2, 0) is 4.74 Å². The van der Waals surface area contributed by atoms with Crippen molar-refractivity contribution >= 4 is 11.8 Å². The third kappa shape index (κ3) is 3.90. The average Bonchev–Trinajstić information content (AvgIpc) is 2.65. The Balaban J connectivity index is 2.05. The summed E-state index contributed by atoms with van der Waals surface area (Å²) >= 11 is 0. The van der Waals surface area contributed by atoms with Crippen LogP contribution in [0.2, 0.25) is 0 Å². The molecule has 122 valence electrons. The first-order valence-electron chi connectivity index (χ1n) is 7.01. The lowest BCUT2D eigenvalue weighted by molar-refractivity contribution is 0.0474. The molecule has 2 aromatic rings. The van der Waals surface area contributed by atoms with E-state index in [2.05, 4.69) is 0 Å². The number of benzene rings is 2. The summed E-state index contributed by atoms with van der Waals surface area (Å²) in [5.74, 6) is -0.127. The highest BCUT2D eigenvalue weighted by molar-refractivity contribution is 5.99. The van der Waals surface area contributed by atoms with Gasteiger partial charge < -0.3 is 14.2 Å². The molecule has 2 aromatic carbocycles. The van der Waals surface area contributed by atoms with Crippen LogP contribution in [0.4, 0.5) is 0 Å². The summed E-state index contributed by atoms with van der Waals surface area (Å²) in [7, 11) is 2.96. The van der Waals surface area contributed by atoms with E-state index in [0.717, 1.165) is 0 Å². The molecular weight excluding hydrogens is 310 g/mol. The second-order valence-electron chi connectivity index (χ2n) is 4.76. The first kappa shape index (κ1) is 17.0. The van der Waals surface area contributed by atoms with Gasteiger partial charge in [-0.1, -0.05) is 6.07 Å². The summed E-state index contributed by atoms with van der Waals surface area (Å²) in [6, 6.07) is 12.7. The molecule has 0 aliphatic carbocycles. The second-order valence-corrected chi connectivity index (χ2v) is 4.76. The summed E-state index contributed by atoms with van der Waals surface area (Å²) in [5, 5.41) is 8.82. The van der Waals surface area contributed by atoms with E-state index < -0.39 is 12.6 Å². The van der Waals surface area contributed by atoms with Crippen LogP contribution in [-0.4, -0.2) is 32.6 Å². The molecule has 0 unspecified atom stereocenters. The van der Waals surface area contributed by atoms with Crippen LogP contribution in [0.15, 0.2) is 42.5 Å². The van der Waals surface area contributed by atoms with Crippen molar-refractivity contribution in [2.24, 2.45) is 0 Å². The monoisotopic (exact) mass is 325 g/mol. The molecule has 0 radical (unpaired) electrons. The van der Waals surface area contributed by atoms with Crippen LogP contribution in [0.1, 0.15) is 26.3 Å². The van der Waals surface area contributed by atoms with Gasteiger partial charge in [0, 0.05) is 5.56 Å². The highest BCUT2D eigenvalue weighted by Gasteiger charge is 2.14. The van der Waals surface area contributed by atoms with Crippen molar-refractivity contribution in [3.05, 3.63) is 59.2 Å². The lowest BCUT2D eigenvalue weighted by Crippen LogP contribution is -2.14. The van der Waals surface area contributed by atoms with Gasteiger partial charge >= 0.3 is 5.97 Å². The standard InChI is InChI=1S/C18H15NO5/c1-22-16-7-6-13(9-17(16)23-2)15(20)11-24-18(21)14-5-3-4-12(8-14)10-19/h3-9H,11H2,1-2H3. The van der Waals surface area contributed by atoms with E-state index in [4.69, 9.17) is 19.5 Å². The first-order valence-corrected chi connectivity index (χ1v) is 7.01. The Bertz CT molecular complexity index is 807. The topological polar surface area (TPSA) is 85.6 Å². The molecule has 0 fully saturated rings. The lowest BCUT2D eigenvalue weighted by Gasteiger charge is -2.09. The van der Waals surface area contributed by atoms with E-state index in [0.29, 0.717) is 22.6 Å². The molecule has 0 N–H and O–H groups in total. The molecule has 2 rings (SSSR count). The van der Waals surface area contributed by atoms with Crippen LogP contribution in [0, 0.1) is 11.3 Å². The van der Waals surface area contributed by atoms with Gasteiger partial charge in [-0.2, -0.15) is 5.26 Å². The predicted octanol–water partition coefficient (Wildman–Crippen LogP) is 2.62. The maximum Gasteiger partial charge on any atom is 0.338 e. The number of ketones is 1. The van der Waals surface area contributed by atoms with Crippen molar-refractivity contribution in [1.82, 2.24) is 0 Å². The minimum absolute atomic E-state index is 0.217. The minimum Gasteiger partial charge on any atom is -0.493 e. The lowest BCUT2D eigenvalue weighted by atomic mass is 10.1. The fraction of sp³-hybridized carbons (Fsp3) is 0.167. The summed E-state index contributed by atoms with van der Waals surface area (Å²) in [6.07, 6.45) is 0. The van der Waals surface area contributed by atoms with Crippen molar-refractivity contribution in [2.75, 3.05) is 20.8 Å². The largest absolute Gasteiger partial charge is 0.493 e. The van der Waals surface area contributed by atoms with Gasteiger partial charge in [0.05, 0.1) is 31.4 Å². The van der Waals surface area contributed by atoms with E-state index in [1.807, 2.05) is 6.07 Å². The molecule has 0 aliphatic rings. The molecule has 6 nitrogen and oxygen atoms in total. The Kier molecular flexibility index (Phi) is 5.53. The average molecular weight is 325 g/mol. The maximum absolute atomic E-state index is 12.1. The normalized spacial score (nSPS) is 9.71. The Morgan fingerprint density at radius 1 is 1.00 bits per heavy atom. The quantitative estimate of drug-likeness (QED) is 0.599. The van der Waals surface area contributed by atoms with Gasteiger partial charge in [0.2, 0.25) is 0 Å². The summed E-state index contributed by atoms with van der Waals surface area (Å²) in [6.45, 7) is -0.412. The third-order valence-corrected chi connectivity index (χ3v) is 3.27. The van der Waals surface area contributed by atoms with E-state index in [1.54, 1.807) is 24.3 Å². The number of carbonyl (C=O) groups excluding carboxylic acids is 2. The SMILES string of the molecule is COc1ccc(C(=O)COC(=O)c2cccc(C#N)c2)cc1OC. The van der Waals surface area contributed by atoms with Gasteiger partial charge in [0.25, 0.3) is 0 Å². The zero-order valence-electron chi connectivity index (χ0n) is 13.2. The van der Waals surface area contributed by atoms with Gasteiger partial charge in [-0.3, -0.25) is 4.79 Å². The smallest absolute Gasteiger partial charge is 0.338 e. The van der Waals surface area contributed by atoms with E-state index in [1.165, 1.54) is 32.4 Å². The minimum atomic E-state index is -0.666. The van der Waals surface area contributed by atoms with Crippen molar-refractivity contribution in [2.45, 2.75) is 0 Å². The molecule has 0 aromatic heterocycles. The van der Waals surface area contributed by atoms with Gasteiger partial charge in [-0.05, 0) is 36.4 Å².